The summed E-state index contributed by atoms with van der Waals surface area (Å²) in [6.45, 7) is 3.81. The first-order chi connectivity index (χ1) is 11.0. The van der Waals surface area contributed by atoms with E-state index in [9.17, 15) is 9.59 Å². The Morgan fingerprint density at radius 1 is 1.52 bits per heavy atom. The van der Waals surface area contributed by atoms with Crippen LogP contribution in [0.3, 0.4) is 0 Å². The molecule has 128 valence electrons. The van der Waals surface area contributed by atoms with E-state index in [2.05, 4.69) is 31.7 Å². The van der Waals surface area contributed by atoms with E-state index in [0.29, 0.717) is 19.6 Å². The van der Waals surface area contributed by atoms with Crippen LogP contribution in [0.25, 0.3) is 0 Å². The Morgan fingerprint density at radius 3 is 2.83 bits per heavy atom. The van der Waals surface area contributed by atoms with Gasteiger partial charge in [0.15, 0.2) is 0 Å². The number of nitrogens with one attached hydrogen (secondary N) is 2. The van der Waals surface area contributed by atoms with Crippen molar-refractivity contribution in [3.8, 4) is 0 Å². The third-order valence-electron chi connectivity index (χ3n) is 3.94. The molecule has 0 bridgehead atoms. The summed E-state index contributed by atoms with van der Waals surface area (Å²) in [5.41, 5.74) is 0. The van der Waals surface area contributed by atoms with Crippen LogP contribution in [0.2, 0.25) is 0 Å². The second kappa shape index (κ2) is 8.30. The Morgan fingerprint density at radius 2 is 2.26 bits per heavy atom. The number of halogens is 1. The molecule has 2 amide bonds. The predicted molar refractivity (Wildman–Crippen MR) is 88.2 cm³/mol. The Bertz CT molecular complexity index is 544. The lowest BCUT2D eigenvalue weighted by atomic mass is 9.85. The van der Waals surface area contributed by atoms with E-state index >= 15 is 0 Å². The van der Waals surface area contributed by atoms with Gasteiger partial charge in [0.1, 0.15) is 0 Å². The molecule has 3 N–H and O–H groups in total. The number of hydrogen-bond acceptors (Lipinski definition) is 4. The average Bonchev–Trinajstić information content (AvgIpc) is 2.85. The first-order valence-electron chi connectivity index (χ1n) is 7.66. The maximum Gasteiger partial charge on any atom is 0.317 e. The van der Waals surface area contributed by atoms with E-state index in [0.717, 1.165) is 17.3 Å². The van der Waals surface area contributed by atoms with E-state index in [-0.39, 0.29) is 24.7 Å². The molecule has 8 nitrogen and oxygen atoms in total. The smallest absolute Gasteiger partial charge is 0.317 e. The lowest BCUT2D eigenvalue weighted by molar-refractivity contribution is -0.139. The van der Waals surface area contributed by atoms with Crippen molar-refractivity contribution in [3.05, 3.63) is 16.9 Å². The number of likely N-dealkylation sites (N-methyl/N-ethyl adjacent to an activating group) is 1. The van der Waals surface area contributed by atoms with Gasteiger partial charge in [-0.05, 0) is 35.3 Å². The molecule has 9 heteroatoms. The predicted octanol–water partition coefficient (Wildman–Crippen LogP) is 0.882. The van der Waals surface area contributed by atoms with Crippen molar-refractivity contribution in [2.24, 2.45) is 0 Å². The fourth-order valence-electron chi connectivity index (χ4n) is 2.66. The Kier molecular flexibility index (Phi) is 6.40. The van der Waals surface area contributed by atoms with Crippen molar-refractivity contribution in [2.45, 2.75) is 38.4 Å². The average molecular weight is 388 g/mol. The summed E-state index contributed by atoms with van der Waals surface area (Å²) in [5.74, 6) is -0.814. The van der Waals surface area contributed by atoms with Gasteiger partial charge in [0.2, 0.25) is 0 Å². The maximum absolute atomic E-state index is 11.8. The standard InChI is InChI=1S/C14H22BrN5O3/c1-2-19(9-13(21)22)12-5-11(6-12)18-14(23)16-3-4-20-8-10(15)7-17-20/h7-8,11-12H,2-6,9H2,1H3,(H,21,22)(H2,16,18,23). The normalized spacial score (nSPS) is 20.1. The molecule has 23 heavy (non-hydrogen) atoms. The van der Waals surface area contributed by atoms with Crippen LogP contribution in [-0.2, 0) is 11.3 Å². The first-order valence-corrected chi connectivity index (χ1v) is 8.45. The van der Waals surface area contributed by atoms with Crippen molar-refractivity contribution in [3.63, 3.8) is 0 Å². The van der Waals surface area contributed by atoms with Crippen LogP contribution in [0.15, 0.2) is 16.9 Å². The monoisotopic (exact) mass is 387 g/mol. The Labute approximate surface area is 143 Å². The van der Waals surface area contributed by atoms with Gasteiger partial charge in [-0.3, -0.25) is 14.4 Å². The number of amides is 2. The largest absolute Gasteiger partial charge is 0.480 e. The zero-order valence-corrected chi connectivity index (χ0v) is 14.6. The van der Waals surface area contributed by atoms with Gasteiger partial charge in [0.05, 0.1) is 23.8 Å². The molecular weight excluding hydrogens is 366 g/mol. The number of aromatic nitrogens is 2. The third kappa shape index (κ3) is 5.51. The summed E-state index contributed by atoms with van der Waals surface area (Å²) in [4.78, 5) is 24.5. The molecule has 0 saturated heterocycles. The SMILES string of the molecule is CCN(CC(=O)O)C1CC(NC(=O)NCCn2cc(Br)cn2)C1. The minimum absolute atomic E-state index is 0.0551. The van der Waals surface area contributed by atoms with Gasteiger partial charge in [0.25, 0.3) is 0 Å². The fourth-order valence-corrected chi connectivity index (χ4v) is 2.99. The number of rotatable bonds is 8. The van der Waals surface area contributed by atoms with E-state index in [1.807, 2.05) is 18.0 Å². The molecule has 0 atom stereocenters. The highest BCUT2D eigenvalue weighted by molar-refractivity contribution is 9.10. The molecule has 1 aliphatic rings. The molecule has 1 heterocycles. The number of carboxylic acid groups (broad SMARTS) is 1. The van der Waals surface area contributed by atoms with E-state index in [1.165, 1.54) is 0 Å². The molecule has 0 radical (unpaired) electrons. The quantitative estimate of drug-likeness (QED) is 0.614. The van der Waals surface area contributed by atoms with E-state index in [1.54, 1.807) is 10.9 Å². The van der Waals surface area contributed by atoms with E-state index in [4.69, 9.17) is 5.11 Å². The van der Waals surface area contributed by atoms with Crippen LogP contribution in [-0.4, -0.2) is 63.5 Å². The highest BCUT2D eigenvalue weighted by atomic mass is 79.9. The lowest BCUT2D eigenvalue weighted by Gasteiger charge is -2.42. The van der Waals surface area contributed by atoms with Gasteiger partial charge >= 0.3 is 12.0 Å². The molecule has 1 aromatic heterocycles. The fraction of sp³-hybridized carbons (Fsp3) is 0.643. The minimum Gasteiger partial charge on any atom is -0.480 e. The summed E-state index contributed by atoms with van der Waals surface area (Å²) in [6.07, 6.45) is 5.13. The lowest BCUT2D eigenvalue weighted by Crippen LogP contribution is -2.56. The van der Waals surface area contributed by atoms with Crippen LogP contribution in [0.4, 0.5) is 4.79 Å². The Balaban J connectivity index is 1.61. The highest BCUT2D eigenvalue weighted by Crippen LogP contribution is 2.25. The maximum atomic E-state index is 11.8. The number of aliphatic carboxylic acids is 1. The highest BCUT2D eigenvalue weighted by Gasteiger charge is 2.34. The van der Waals surface area contributed by atoms with Crippen LogP contribution >= 0.6 is 15.9 Å². The summed E-state index contributed by atoms with van der Waals surface area (Å²) < 4.78 is 2.65. The van der Waals surface area contributed by atoms with Crippen LogP contribution in [0.5, 0.6) is 0 Å². The van der Waals surface area contributed by atoms with Gasteiger partial charge in [-0.1, -0.05) is 6.92 Å². The molecule has 0 unspecified atom stereocenters. The molecule has 0 aromatic carbocycles. The van der Waals surface area contributed by atoms with Gasteiger partial charge in [-0.25, -0.2) is 4.79 Å². The molecule has 1 fully saturated rings. The number of urea groups is 1. The van der Waals surface area contributed by atoms with Gasteiger partial charge < -0.3 is 15.7 Å². The molecule has 1 saturated carbocycles. The van der Waals surface area contributed by atoms with Gasteiger partial charge in [-0.2, -0.15) is 5.10 Å². The first kappa shape index (κ1) is 17.7. The summed E-state index contributed by atoms with van der Waals surface area (Å²) in [6, 6.07) is 0.158. The molecule has 0 aliphatic heterocycles. The number of carbonyl (C=O) groups is 2. The van der Waals surface area contributed by atoms with Crippen molar-refractivity contribution in [1.82, 2.24) is 25.3 Å². The molecular formula is C14H22BrN5O3. The molecule has 1 aromatic rings. The third-order valence-corrected chi connectivity index (χ3v) is 4.35. The van der Waals surface area contributed by atoms with Crippen LogP contribution in [0, 0.1) is 0 Å². The van der Waals surface area contributed by atoms with Crippen molar-refractivity contribution >= 4 is 27.9 Å². The van der Waals surface area contributed by atoms with Crippen molar-refractivity contribution in [1.29, 1.82) is 0 Å². The summed E-state index contributed by atoms with van der Waals surface area (Å²) in [7, 11) is 0. The van der Waals surface area contributed by atoms with Crippen LogP contribution < -0.4 is 10.6 Å². The van der Waals surface area contributed by atoms with Gasteiger partial charge in [0, 0.05) is 24.8 Å². The van der Waals surface area contributed by atoms with Gasteiger partial charge in [-0.15, -0.1) is 0 Å². The topological polar surface area (TPSA) is 99.5 Å². The summed E-state index contributed by atoms with van der Waals surface area (Å²) in [5, 5.41) is 18.7. The second-order valence-corrected chi connectivity index (χ2v) is 6.52. The molecule has 0 spiro atoms. The molecule has 1 aliphatic carbocycles. The van der Waals surface area contributed by atoms with Crippen molar-refractivity contribution < 1.29 is 14.7 Å². The van der Waals surface area contributed by atoms with E-state index < -0.39 is 5.97 Å². The van der Waals surface area contributed by atoms with Crippen LogP contribution in [0.1, 0.15) is 19.8 Å². The van der Waals surface area contributed by atoms with Crippen molar-refractivity contribution in [2.75, 3.05) is 19.6 Å². The number of hydrogen-bond donors (Lipinski definition) is 3. The zero-order chi connectivity index (χ0) is 16.8. The number of carbonyl (C=O) groups excluding carboxylic acids is 1. The second-order valence-electron chi connectivity index (χ2n) is 5.60. The summed E-state index contributed by atoms with van der Waals surface area (Å²) >= 11 is 3.32. The number of nitrogens with zero attached hydrogens (tertiary/aromatic N) is 3. The molecule has 2 rings (SSSR count). The number of carboxylic acids is 1. The zero-order valence-electron chi connectivity index (χ0n) is 13.0. The minimum atomic E-state index is -0.814. The Hall–Kier alpha value is -1.61.